The first kappa shape index (κ1) is 16.8. The third-order valence-electron chi connectivity index (χ3n) is 3.31. The predicted octanol–water partition coefficient (Wildman–Crippen LogP) is 3.04. The van der Waals surface area contributed by atoms with Crippen molar-refractivity contribution in [1.82, 2.24) is 4.72 Å². The van der Waals surface area contributed by atoms with E-state index in [1.165, 1.54) is 35.8 Å². The summed E-state index contributed by atoms with van der Waals surface area (Å²) in [4.78, 5) is 1.23. The molecule has 0 bridgehead atoms. The molecule has 0 fully saturated rings. The zero-order valence-electron chi connectivity index (χ0n) is 12.3. The summed E-state index contributed by atoms with van der Waals surface area (Å²) in [5.74, 6) is -0.193. The van der Waals surface area contributed by atoms with Gasteiger partial charge < -0.3 is 9.52 Å². The molecule has 3 rings (SSSR count). The Labute approximate surface area is 142 Å². The second-order valence-corrected chi connectivity index (χ2v) is 7.97. The number of benzene rings is 1. The maximum atomic E-state index is 13.2. The minimum Gasteiger partial charge on any atom is -0.466 e. The Bertz CT molecular complexity index is 919. The lowest BCUT2D eigenvalue weighted by atomic mass is 10.2. The zero-order chi connectivity index (χ0) is 17.2. The van der Waals surface area contributed by atoms with Crippen LogP contribution in [0.5, 0.6) is 0 Å². The molecule has 0 saturated heterocycles. The van der Waals surface area contributed by atoms with Crippen LogP contribution in [0.4, 0.5) is 4.39 Å². The second-order valence-electron chi connectivity index (χ2n) is 5.00. The lowest BCUT2D eigenvalue weighted by Gasteiger charge is -2.06. The first-order valence-corrected chi connectivity index (χ1v) is 9.31. The van der Waals surface area contributed by atoms with Crippen LogP contribution in [-0.4, -0.2) is 13.5 Å². The first-order chi connectivity index (χ1) is 11.5. The fourth-order valence-corrected chi connectivity index (χ4v) is 4.18. The summed E-state index contributed by atoms with van der Waals surface area (Å²) in [7, 11) is -3.80. The Morgan fingerprint density at radius 2 is 2.04 bits per heavy atom. The smallest absolute Gasteiger partial charge is 0.240 e. The van der Waals surface area contributed by atoms with Crippen molar-refractivity contribution in [1.29, 1.82) is 0 Å². The molecule has 8 heteroatoms. The van der Waals surface area contributed by atoms with Crippen molar-refractivity contribution in [3.63, 3.8) is 0 Å². The van der Waals surface area contributed by atoms with Gasteiger partial charge in [-0.15, -0.1) is 11.3 Å². The van der Waals surface area contributed by atoms with E-state index >= 15 is 0 Å². The van der Waals surface area contributed by atoms with Crippen LogP contribution in [-0.2, 0) is 16.6 Å². The van der Waals surface area contributed by atoms with Gasteiger partial charge in [0.05, 0.1) is 11.2 Å². The first-order valence-electron chi connectivity index (χ1n) is 7.01. The monoisotopic (exact) mass is 367 g/mol. The minimum absolute atomic E-state index is 0.0500. The molecule has 0 radical (unpaired) electrons. The summed E-state index contributed by atoms with van der Waals surface area (Å²) in [6.45, 7) is 0.0500. The third kappa shape index (κ3) is 3.73. The number of aliphatic hydroxyl groups excluding tert-OH is 1. The quantitative estimate of drug-likeness (QED) is 0.702. The number of aliphatic hydroxyl groups is 1. The average molecular weight is 367 g/mol. The van der Waals surface area contributed by atoms with Crippen LogP contribution in [0.25, 0.3) is 0 Å². The molecular weight excluding hydrogens is 353 g/mol. The number of halogens is 1. The predicted molar refractivity (Wildman–Crippen MR) is 87.5 cm³/mol. The van der Waals surface area contributed by atoms with Crippen LogP contribution in [0.15, 0.2) is 64.1 Å². The Morgan fingerprint density at radius 3 is 2.75 bits per heavy atom. The van der Waals surface area contributed by atoms with Gasteiger partial charge in [-0.25, -0.2) is 17.5 Å². The van der Waals surface area contributed by atoms with E-state index in [4.69, 9.17) is 4.42 Å². The molecule has 126 valence electrons. The van der Waals surface area contributed by atoms with E-state index in [1.807, 2.05) is 0 Å². The van der Waals surface area contributed by atoms with Gasteiger partial charge in [0.25, 0.3) is 0 Å². The molecule has 1 unspecified atom stereocenters. The van der Waals surface area contributed by atoms with Crippen LogP contribution < -0.4 is 4.72 Å². The molecule has 2 aromatic heterocycles. The Hall–Kier alpha value is -2.00. The van der Waals surface area contributed by atoms with Gasteiger partial charge in [-0.1, -0.05) is 6.07 Å². The Kier molecular flexibility index (Phi) is 4.81. The summed E-state index contributed by atoms with van der Waals surface area (Å²) in [5.41, 5.74) is 0. The maximum absolute atomic E-state index is 13.2. The van der Waals surface area contributed by atoms with Gasteiger partial charge in [0.2, 0.25) is 10.0 Å². The van der Waals surface area contributed by atoms with E-state index in [0.717, 1.165) is 10.9 Å². The van der Waals surface area contributed by atoms with Crippen molar-refractivity contribution in [2.24, 2.45) is 0 Å². The van der Waals surface area contributed by atoms with Crippen LogP contribution in [0.1, 0.15) is 21.6 Å². The molecule has 0 aliphatic rings. The molecule has 1 aromatic carbocycles. The highest BCUT2D eigenvalue weighted by Gasteiger charge is 2.18. The minimum atomic E-state index is -3.80. The Morgan fingerprint density at radius 1 is 1.21 bits per heavy atom. The highest BCUT2D eigenvalue weighted by molar-refractivity contribution is 7.89. The van der Waals surface area contributed by atoms with Crippen molar-refractivity contribution >= 4 is 21.4 Å². The van der Waals surface area contributed by atoms with Crippen molar-refractivity contribution in [2.45, 2.75) is 17.5 Å². The van der Waals surface area contributed by atoms with Crippen LogP contribution in [0.3, 0.4) is 0 Å². The van der Waals surface area contributed by atoms with Crippen LogP contribution >= 0.6 is 11.3 Å². The molecule has 24 heavy (non-hydrogen) atoms. The molecular formula is C16H14FNO4S2. The van der Waals surface area contributed by atoms with Crippen molar-refractivity contribution in [3.05, 3.63) is 76.1 Å². The van der Waals surface area contributed by atoms with E-state index in [-0.39, 0.29) is 11.4 Å². The lowest BCUT2D eigenvalue weighted by Crippen LogP contribution is -2.22. The highest BCUT2D eigenvalue weighted by Crippen LogP contribution is 2.28. The molecule has 0 saturated carbocycles. The number of thiophene rings is 1. The van der Waals surface area contributed by atoms with Crippen molar-refractivity contribution in [2.75, 3.05) is 0 Å². The number of sulfonamides is 1. The van der Waals surface area contributed by atoms with Gasteiger partial charge >= 0.3 is 0 Å². The van der Waals surface area contributed by atoms with Gasteiger partial charge in [-0.05, 0) is 42.5 Å². The molecule has 0 amide bonds. The number of nitrogens with one attached hydrogen (secondary N) is 1. The van der Waals surface area contributed by atoms with E-state index < -0.39 is 21.9 Å². The maximum Gasteiger partial charge on any atom is 0.240 e. The molecule has 0 aliphatic carbocycles. The largest absolute Gasteiger partial charge is 0.466 e. The molecule has 2 heterocycles. The summed E-state index contributed by atoms with van der Waals surface area (Å²) >= 11 is 1.27. The van der Waals surface area contributed by atoms with Gasteiger partial charge in [-0.2, -0.15) is 0 Å². The molecule has 2 N–H and O–H groups in total. The molecule has 3 aromatic rings. The summed E-state index contributed by atoms with van der Waals surface area (Å²) in [6.07, 6.45) is 0.582. The standard InChI is InChI=1S/C16H14FNO4S2/c17-11-3-1-4-13(9-11)24(20,21)18-10-12-6-7-15(23-12)16(19)14-5-2-8-22-14/h1-9,16,18-19H,10H2. The van der Waals surface area contributed by atoms with Crippen molar-refractivity contribution < 1.29 is 22.3 Å². The number of rotatable bonds is 6. The number of hydrogen-bond acceptors (Lipinski definition) is 5. The third-order valence-corrected chi connectivity index (χ3v) is 5.84. The molecule has 0 aliphatic heterocycles. The van der Waals surface area contributed by atoms with E-state index in [2.05, 4.69) is 4.72 Å². The fraction of sp³-hybridized carbons (Fsp3) is 0.125. The van der Waals surface area contributed by atoms with Crippen LogP contribution in [0, 0.1) is 5.82 Å². The summed E-state index contributed by atoms with van der Waals surface area (Å²) in [5, 5.41) is 10.2. The van der Waals surface area contributed by atoms with Gasteiger partial charge in [0.1, 0.15) is 17.7 Å². The lowest BCUT2D eigenvalue weighted by molar-refractivity contribution is 0.193. The number of hydrogen-bond donors (Lipinski definition) is 2. The normalized spacial score (nSPS) is 13.1. The van der Waals surface area contributed by atoms with E-state index in [1.54, 1.807) is 24.3 Å². The fourth-order valence-electron chi connectivity index (χ4n) is 2.11. The van der Waals surface area contributed by atoms with E-state index in [9.17, 15) is 17.9 Å². The average Bonchev–Trinajstić information content (AvgIpc) is 3.24. The zero-order valence-corrected chi connectivity index (χ0v) is 14.0. The SMILES string of the molecule is O=S(=O)(NCc1ccc(C(O)c2ccco2)s1)c1cccc(F)c1. The van der Waals surface area contributed by atoms with Gasteiger partial charge in [0.15, 0.2) is 0 Å². The molecule has 5 nitrogen and oxygen atoms in total. The van der Waals surface area contributed by atoms with Gasteiger partial charge in [-0.3, -0.25) is 0 Å². The number of furan rings is 1. The topological polar surface area (TPSA) is 79.5 Å². The van der Waals surface area contributed by atoms with E-state index in [0.29, 0.717) is 10.6 Å². The highest BCUT2D eigenvalue weighted by atomic mass is 32.2. The van der Waals surface area contributed by atoms with Crippen LogP contribution in [0.2, 0.25) is 0 Å². The summed E-state index contributed by atoms with van der Waals surface area (Å²) < 4.78 is 45.0. The summed E-state index contributed by atoms with van der Waals surface area (Å²) in [6, 6.07) is 11.6. The molecule has 0 spiro atoms. The van der Waals surface area contributed by atoms with Crippen molar-refractivity contribution in [3.8, 4) is 0 Å². The Balaban J connectivity index is 1.69. The van der Waals surface area contributed by atoms with Gasteiger partial charge in [0, 0.05) is 16.3 Å². The molecule has 1 atom stereocenters. The second kappa shape index (κ2) is 6.86.